The van der Waals surface area contributed by atoms with Crippen LogP contribution < -0.4 is 5.32 Å². The lowest BCUT2D eigenvalue weighted by molar-refractivity contribution is -0.137. The summed E-state index contributed by atoms with van der Waals surface area (Å²) in [6.45, 7) is 0.861. The van der Waals surface area contributed by atoms with Gasteiger partial charge >= 0.3 is 12.2 Å². The molecule has 1 atom stereocenters. The minimum atomic E-state index is -4.37. The molecule has 9 heteroatoms. The van der Waals surface area contributed by atoms with E-state index in [0.717, 1.165) is 23.4 Å². The summed E-state index contributed by atoms with van der Waals surface area (Å²) in [5, 5.41) is 12.7. The summed E-state index contributed by atoms with van der Waals surface area (Å²) >= 11 is 1.22. The Balaban J connectivity index is 1.62. The van der Waals surface area contributed by atoms with Gasteiger partial charge in [0.15, 0.2) is 5.13 Å². The van der Waals surface area contributed by atoms with E-state index in [1.807, 2.05) is 0 Å². The number of anilines is 1. The van der Waals surface area contributed by atoms with E-state index >= 15 is 0 Å². The molecule has 1 aliphatic rings. The summed E-state index contributed by atoms with van der Waals surface area (Å²) < 4.78 is 38.3. The number of urea groups is 1. The number of hydrogen-bond donors (Lipinski definition) is 2. The van der Waals surface area contributed by atoms with Crippen molar-refractivity contribution >= 4 is 22.5 Å². The molecule has 2 amide bonds. The second kappa shape index (κ2) is 7.63. The Labute approximate surface area is 152 Å². The summed E-state index contributed by atoms with van der Waals surface area (Å²) in [6, 6.07) is 4.83. The highest BCUT2D eigenvalue weighted by atomic mass is 32.1. The molecular formula is C17H18F3N3O2S. The first-order valence-corrected chi connectivity index (χ1v) is 8.98. The molecule has 1 saturated heterocycles. The van der Waals surface area contributed by atoms with Gasteiger partial charge in [-0.05, 0) is 24.5 Å². The quantitative estimate of drug-likeness (QED) is 0.846. The molecule has 1 unspecified atom stereocenters. The Morgan fingerprint density at radius 3 is 2.96 bits per heavy atom. The van der Waals surface area contributed by atoms with Gasteiger partial charge in [0.2, 0.25) is 0 Å². The van der Waals surface area contributed by atoms with Crippen LogP contribution in [0.25, 0.3) is 0 Å². The minimum Gasteiger partial charge on any atom is -0.391 e. The number of likely N-dealkylation sites (tertiary alicyclic amines) is 1. The van der Waals surface area contributed by atoms with Crippen molar-refractivity contribution in [3.63, 3.8) is 0 Å². The van der Waals surface area contributed by atoms with Crippen LogP contribution in [0, 0.1) is 0 Å². The van der Waals surface area contributed by atoms with Crippen molar-refractivity contribution in [1.82, 2.24) is 9.88 Å². The molecule has 0 radical (unpaired) electrons. The lowest BCUT2D eigenvalue weighted by atomic mass is 10.1. The maximum absolute atomic E-state index is 12.8. The van der Waals surface area contributed by atoms with E-state index < -0.39 is 17.8 Å². The Morgan fingerprint density at radius 2 is 2.23 bits per heavy atom. The number of nitrogens with zero attached hydrogens (tertiary/aromatic N) is 2. The Morgan fingerprint density at radius 1 is 1.42 bits per heavy atom. The van der Waals surface area contributed by atoms with Crippen molar-refractivity contribution in [3.05, 3.63) is 46.5 Å². The highest BCUT2D eigenvalue weighted by Gasteiger charge is 2.30. The second-order valence-electron chi connectivity index (χ2n) is 6.18. The first kappa shape index (κ1) is 18.7. The van der Waals surface area contributed by atoms with Crippen molar-refractivity contribution in [2.45, 2.75) is 31.5 Å². The number of rotatable bonds is 3. The number of β-amino-alcohol motifs (C(OH)–C–C–N with tert-alkyl or cyclic N) is 1. The Kier molecular flexibility index (Phi) is 5.47. The fourth-order valence-electron chi connectivity index (χ4n) is 2.82. The van der Waals surface area contributed by atoms with Crippen LogP contribution >= 0.6 is 11.3 Å². The number of carbonyl (C=O) groups is 1. The van der Waals surface area contributed by atoms with Gasteiger partial charge in [0, 0.05) is 30.6 Å². The molecule has 2 heterocycles. The molecule has 1 aromatic heterocycles. The number of nitrogens with one attached hydrogen (secondary N) is 1. The number of aliphatic hydroxyl groups excluding tert-OH is 1. The molecule has 26 heavy (non-hydrogen) atoms. The number of hydrogen-bond acceptors (Lipinski definition) is 4. The molecule has 2 aromatic rings. The summed E-state index contributed by atoms with van der Waals surface area (Å²) in [5.74, 6) is 0. The molecule has 0 saturated carbocycles. The zero-order valence-electron chi connectivity index (χ0n) is 13.8. The average Bonchev–Trinajstić information content (AvgIpc) is 3.01. The van der Waals surface area contributed by atoms with E-state index in [2.05, 4.69) is 10.3 Å². The third-order valence-electron chi connectivity index (χ3n) is 4.08. The maximum atomic E-state index is 12.8. The molecule has 1 aromatic carbocycles. The Bertz CT molecular complexity index is 779. The highest BCUT2D eigenvalue weighted by Crippen LogP contribution is 2.30. The number of piperidine rings is 1. The lowest BCUT2D eigenvalue weighted by Crippen LogP contribution is -2.44. The molecule has 2 N–H and O–H groups in total. The van der Waals surface area contributed by atoms with Gasteiger partial charge in [0.25, 0.3) is 0 Å². The topological polar surface area (TPSA) is 65.5 Å². The third-order valence-corrected chi connectivity index (χ3v) is 5.00. The smallest absolute Gasteiger partial charge is 0.391 e. The number of amides is 2. The van der Waals surface area contributed by atoms with Crippen LogP contribution in [-0.2, 0) is 12.6 Å². The number of benzene rings is 1. The van der Waals surface area contributed by atoms with Gasteiger partial charge in [-0.1, -0.05) is 18.2 Å². The summed E-state index contributed by atoms with van der Waals surface area (Å²) in [6.07, 6.45) is -1.61. The fraction of sp³-hybridized carbons (Fsp3) is 0.412. The number of halogens is 3. The van der Waals surface area contributed by atoms with Crippen LogP contribution in [0.1, 0.15) is 28.8 Å². The molecule has 1 aliphatic heterocycles. The zero-order valence-corrected chi connectivity index (χ0v) is 14.6. The van der Waals surface area contributed by atoms with Crippen molar-refractivity contribution in [2.24, 2.45) is 0 Å². The Hall–Kier alpha value is -2.13. The van der Waals surface area contributed by atoms with Crippen molar-refractivity contribution in [2.75, 3.05) is 18.4 Å². The van der Waals surface area contributed by atoms with Gasteiger partial charge in [-0.2, -0.15) is 13.2 Å². The van der Waals surface area contributed by atoms with Crippen LogP contribution in [-0.4, -0.2) is 40.2 Å². The van der Waals surface area contributed by atoms with E-state index in [4.69, 9.17) is 0 Å². The van der Waals surface area contributed by atoms with Gasteiger partial charge in [-0.25, -0.2) is 9.78 Å². The van der Waals surface area contributed by atoms with E-state index in [-0.39, 0.29) is 12.6 Å². The molecule has 0 aliphatic carbocycles. The largest absolute Gasteiger partial charge is 0.416 e. The number of aliphatic hydroxyl groups is 1. The third kappa shape index (κ3) is 4.73. The predicted octanol–water partition coefficient (Wildman–Crippen LogP) is 3.74. The zero-order chi connectivity index (χ0) is 18.7. The number of alkyl halides is 3. The molecule has 5 nitrogen and oxygen atoms in total. The molecule has 1 fully saturated rings. The number of thiazole rings is 1. The van der Waals surface area contributed by atoms with Gasteiger partial charge in [0.1, 0.15) is 0 Å². The van der Waals surface area contributed by atoms with Gasteiger partial charge in [0.05, 0.1) is 11.7 Å². The van der Waals surface area contributed by atoms with E-state index in [1.54, 1.807) is 12.3 Å². The molecular weight excluding hydrogens is 367 g/mol. The van der Waals surface area contributed by atoms with Crippen molar-refractivity contribution in [3.8, 4) is 0 Å². The van der Waals surface area contributed by atoms with Crippen LogP contribution in [0.2, 0.25) is 0 Å². The van der Waals surface area contributed by atoms with E-state index in [1.165, 1.54) is 22.3 Å². The number of aromatic nitrogens is 1. The lowest BCUT2D eigenvalue weighted by Gasteiger charge is -2.29. The molecule has 0 spiro atoms. The first-order valence-electron chi connectivity index (χ1n) is 8.16. The average molecular weight is 385 g/mol. The van der Waals surface area contributed by atoms with Crippen molar-refractivity contribution < 1.29 is 23.1 Å². The summed E-state index contributed by atoms with van der Waals surface area (Å²) in [4.78, 5) is 18.6. The van der Waals surface area contributed by atoms with Gasteiger partial charge < -0.3 is 10.0 Å². The van der Waals surface area contributed by atoms with E-state index in [9.17, 15) is 23.1 Å². The van der Waals surface area contributed by atoms with Crippen LogP contribution in [0.15, 0.2) is 30.5 Å². The van der Waals surface area contributed by atoms with Crippen LogP contribution in [0.5, 0.6) is 0 Å². The van der Waals surface area contributed by atoms with Crippen LogP contribution in [0.3, 0.4) is 0 Å². The molecule has 3 rings (SSSR count). The maximum Gasteiger partial charge on any atom is 0.416 e. The SMILES string of the molecule is O=C(Nc1ncc(Cc2cccc(C(F)(F)F)c2)s1)N1CCCC(O)C1. The monoisotopic (exact) mass is 385 g/mol. The predicted molar refractivity (Wildman–Crippen MR) is 92.2 cm³/mol. The van der Waals surface area contributed by atoms with E-state index in [0.29, 0.717) is 30.1 Å². The normalized spacial score (nSPS) is 18.0. The van der Waals surface area contributed by atoms with Gasteiger partial charge in [-0.3, -0.25) is 5.32 Å². The van der Waals surface area contributed by atoms with Crippen LogP contribution in [0.4, 0.5) is 23.1 Å². The minimum absolute atomic E-state index is 0.286. The summed E-state index contributed by atoms with van der Waals surface area (Å²) in [7, 11) is 0. The van der Waals surface area contributed by atoms with Crippen molar-refractivity contribution in [1.29, 1.82) is 0 Å². The molecule has 140 valence electrons. The highest BCUT2D eigenvalue weighted by molar-refractivity contribution is 7.15. The first-order chi connectivity index (χ1) is 12.3. The molecule has 0 bridgehead atoms. The van der Waals surface area contributed by atoms with Gasteiger partial charge in [-0.15, -0.1) is 11.3 Å². The standard InChI is InChI=1S/C17H18F3N3O2S/c18-17(19,20)12-4-1-3-11(7-12)8-14-9-21-15(26-14)22-16(25)23-6-2-5-13(24)10-23/h1,3-4,7,9,13,24H,2,5-6,8,10H2,(H,21,22,25). The second-order valence-corrected chi connectivity index (χ2v) is 7.29. The fourth-order valence-corrected chi connectivity index (χ4v) is 3.65. The summed E-state index contributed by atoms with van der Waals surface area (Å²) in [5.41, 5.74) is -0.155. The number of carbonyl (C=O) groups excluding carboxylic acids is 1.